The van der Waals surface area contributed by atoms with Crippen LogP contribution in [0, 0.1) is 0 Å². The number of methoxy groups -OCH3 is 1. The van der Waals surface area contributed by atoms with E-state index in [2.05, 4.69) is 44.5 Å². The first-order valence-electron chi connectivity index (χ1n) is 15.4. The van der Waals surface area contributed by atoms with Crippen LogP contribution in [0.2, 0.25) is 5.02 Å². The van der Waals surface area contributed by atoms with Crippen LogP contribution in [0.15, 0.2) is 54.4 Å². The van der Waals surface area contributed by atoms with Crippen LogP contribution in [0.3, 0.4) is 0 Å². The summed E-state index contributed by atoms with van der Waals surface area (Å²) < 4.78 is 23.7. The summed E-state index contributed by atoms with van der Waals surface area (Å²) in [6, 6.07) is 10.5. The number of fused-ring (bicyclic) bond motifs is 2. The zero-order chi connectivity index (χ0) is 30.7. The predicted molar refractivity (Wildman–Crippen MR) is 173 cm³/mol. The fourth-order valence-electron chi connectivity index (χ4n) is 7.00. The molecule has 2 fully saturated rings. The van der Waals surface area contributed by atoms with Crippen molar-refractivity contribution < 1.29 is 13.9 Å². The Morgan fingerprint density at radius 3 is 2.67 bits per heavy atom. The average Bonchev–Trinajstić information content (AvgIpc) is 3.33. The molecule has 3 aliphatic rings. The number of piperidine rings is 1. The number of likely N-dealkylation sites (tertiary alicyclic amines) is 1. The van der Waals surface area contributed by atoms with E-state index in [0.717, 1.165) is 17.2 Å². The zero-order valence-corrected chi connectivity index (χ0v) is 26.4. The summed E-state index contributed by atoms with van der Waals surface area (Å²) in [5.41, 5.74) is 4.82. The van der Waals surface area contributed by atoms with E-state index in [1.54, 1.807) is 40.5 Å². The lowest BCUT2D eigenvalue weighted by molar-refractivity contribution is -0.118. The fourth-order valence-corrected chi connectivity index (χ4v) is 7.78. The quantitative estimate of drug-likeness (QED) is 0.208. The Kier molecular flexibility index (Phi) is 7.34. The monoisotopic (exact) mass is 645 g/mol. The van der Waals surface area contributed by atoms with Gasteiger partial charge in [-0.2, -0.15) is 5.10 Å². The Morgan fingerprint density at radius 1 is 1.16 bits per heavy atom. The normalized spacial score (nSPS) is 19.6. The second-order valence-corrected chi connectivity index (χ2v) is 13.5. The highest BCUT2D eigenvalue weighted by Crippen LogP contribution is 2.42. The molecule has 1 N–H and O–H groups in total. The maximum atomic E-state index is 14.4. The van der Waals surface area contributed by atoms with Crippen LogP contribution in [0.4, 0.5) is 9.52 Å². The highest BCUT2D eigenvalue weighted by Gasteiger charge is 2.35. The Labute approximate surface area is 269 Å². The van der Waals surface area contributed by atoms with E-state index in [4.69, 9.17) is 21.4 Å². The molecule has 45 heavy (non-hydrogen) atoms. The third-order valence-electron chi connectivity index (χ3n) is 9.43. The van der Waals surface area contributed by atoms with Crippen LogP contribution < -0.4 is 10.1 Å². The number of ether oxygens (including phenoxy) is 1. The number of nitrogens with one attached hydrogen (secondary N) is 1. The third kappa shape index (κ3) is 5.30. The maximum absolute atomic E-state index is 14.4. The maximum Gasteiger partial charge on any atom is 0.257 e. The highest BCUT2D eigenvalue weighted by atomic mass is 35.5. The summed E-state index contributed by atoms with van der Waals surface area (Å²) in [7, 11) is 1.61. The lowest BCUT2D eigenvalue weighted by atomic mass is 9.88. The molecule has 232 valence electrons. The van der Waals surface area contributed by atoms with E-state index >= 15 is 0 Å². The van der Waals surface area contributed by atoms with Crippen molar-refractivity contribution in [1.29, 1.82) is 0 Å². The minimum atomic E-state index is -1.03. The first-order chi connectivity index (χ1) is 22.0. The first-order valence-corrected chi connectivity index (χ1v) is 16.7. The first kappa shape index (κ1) is 28.7. The number of thiazole rings is 1. The van der Waals surface area contributed by atoms with Gasteiger partial charge in [-0.15, -0.1) is 11.3 Å². The molecule has 1 saturated heterocycles. The number of aromatic nitrogens is 5. The summed E-state index contributed by atoms with van der Waals surface area (Å²) in [6.07, 6.45) is 9.20. The molecule has 3 aromatic heterocycles. The molecule has 1 unspecified atom stereocenters. The number of imidazole rings is 1. The van der Waals surface area contributed by atoms with Crippen LogP contribution in [0.5, 0.6) is 5.75 Å². The standard InChI is InChI=1S/C33H33ClFN7O2S/c1-44-31-24(21-4-2-19(3-5-21)20-8-11-40(12-9-20)23-6-7-23)15-26(34)25-17-42(39-28(25)31)30(32(43)38-33-36-10-13-45-33)29-27-14-22(35)16-41(27)18-37-29/h2-5,10,13,15,17-18,20,22-23,30H,6-9,11-12,14,16H2,1H3,(H,36,38,43)/t22-,30?/m1/s1. The highest BCUT2D eigenvalue weighted by molar-refractivity contribution is 7.13. The Bertz CT molecular complexity index is 1860. The van der Waals surface area contributed by atoms with Crippen molar-refractivity contribution in [2.24, 2.45) is 0 Å². The number of anilines is 1. The van der Waals surface area contributed by atoms with Gasteiger partial charge in [0.15, 0.2) is 16.9 Å². The predicted octanol–water partition coefficient (Wildman–Crippen LogP) is 6.48. The number of alkyl halides is 1. The summed E-state index contributed by atoms with van der Waals surface area (Å²) >= 11 is 8.21. The van der Waals surface area contributed by atoms with Gasteiger partial charge in [0, 0.05) is 46.9 Å². The van der Waals surface area contributed by atoms with E-state index in [0.29, 0.717) is 44.1 Å². The molecule has 9 nitrogen and oxygen atoms in total. The number of hydrogen-bond donors (Lipinski definition) is 1. The molecule has 12 heteroatoms. The third-order valence-corrected chi connectivity index (χ3v) is 10.4. The largest absolute Gasteiger partial charge is 0.494 e. The molecule has 5 heterocycles. The van der Waals surface area contributed by atoms with Gasteiger partial charge in [-0.3, -0.25) is 14.8 Å². The van der Waals surface area contributed by atoms with Crippen molar-refractivity contribution in [2.75, 3.05) is 25.5 Å². The second-order valence-electron chi connectivity index (χ2n) is 12.2. The van der Waals surface area contributed by atoms with Crippen LogP contribution in [-0.4, -0.2) is 67.5 Å². The number of nitrogens with zero attached hydrogens (tertiary/aromatic N) is 6. The SMILES string of the molecule is COc1c(-c2ccc(C3CCN(C4CC4)CC3)cc2)cc(Cl)c2cn(C(C(=O)Nc3nccs3)c3ncn4c3C[C@@H](F)C4)nc12. The summed E-state index contributed by atoms with van der Waals surface area (Å²) in [6.45, 7) is 2.57. The van der Waals surface area contributed by atoms with Gasteiger partial charge in [0.2, 0.25) is 0 Å². The van der Waals surface area contributed by atoms with Crippen LogP contribution in [-0.2, 0) is 17.8 Å². The van der Waals surface area contributed by atoms with E-state index in [1.807, 2.05) is 6.07 Å². The van der Waals surface area contributed by atoms with Gasteiger partial charge in [0.25, 0.3) is 5.91 Å². The minimum Gasteiger partial charge on any atom is -0.494 e. The van der Waals surface area contributed by atoms with E-state index in [-0.39, 0.29) is 18.9 Å². The number of hydrogen-bond acceptors (Lipinski definition) is 7. The molecule has 5 aromatic rings. The van der Waals surface area contributed by atoms with Crippen molar-refractivity contribution in [3.63, 3.8) is 0 Å². The molecule has 2 aliphatic heterocycles. The molecule has 1 aliphatic carbocycles. The number of rotatable bonds is 8. The molecule has 0 spiro atoms. The number of carbonyl (C=O) groups is 1. The summed E-state index contributed by atoms with van der Waals surface area (Å²) in [5, 5.41) is 11.1. The smallest absolute Gasteiger partial charge is 0.257 e. The minimum absolute atomic E-state index is 0.182. The van der Waals surface area contributed by atoms with Crippen molar-refractivity contribution in [1.82, 2.24) is 29.2 Å². The van der Waals surface area contributed by atoms with Crippen LogP contribution in [0.1, 0.15) is 54.6 Å². The lowest BCUT2D eigenvalue weighted by Gasteiger charge is -2.32. The number of carbonyl (C=O) groups excluding carboxylic acids is 1. The fraction of sp³-hybridized carbons (Fsp3) is 0.394. The Balaban J connectivity index is 1.14. The number of amides is 1. The van der Waals surface area contributed by atoms with Gasteiger partial charge < -0.3 is 14.2 Å². The molecule has 8 rings (SSSR count). The van der Waals surface area contributed by atoms with Gasteiger partial charge in [0.1, 0.15) is 11.7 Å². The van der Waals surface area contributed by atoms with Crippen LogP contribution in [0.25, 0.3) is 22.0 Å². The topological polar surface area (TPSA) is 90.1 Å². The summed E-state index contributed by atoms with van der Waals surface area (Å²) in [5.74, 6) is 0.759. The lowest BCUT2D eigenvalue weighted by Crippen LogP contribution is -2.34. The van der Waals surface area contributed by atoms with Crippen molar-refractivity contribution in [3.8, 4) is 16.9 Å². The Morgan fingerprint density at radius 2 is 1.96 bits per heavy atom. The average molecular weight is 646 g/mol. The molecule has 1 amide bonds. The van der Waals surface area contributed by atoms with Crippen molar-refractivity contribution >= 4 is 44.9 Å². The van der Waals surface area contributed by atoms with E-state index < -0.39 is 12.2 Å². The summed E-state index contributed by atoms with van der Waals surface area (Å²) in [4.78, 5) is 25.2. The molecule has 0 radical (unpaired) electrons. The molecule has 0 bridgehead atoms. The van der Waals surface area contributed by atoms with Crippen molar-refractivity contribution in [3.05, 3.63) is 76.4 Å². The molecular formula is C33H33ClFN7O2S. The van der Waals surface area contributed by atoms with Gasteiger partial charge in [-0.25, -0.2) is 14.4 Å². The van der Waals surface area contributed by atoms with E-state index in [9.17, 15) is 9.18 Å². The number of halogens is 2. The number of benzene rings is 2. The molecule has 1 saturated carbocycles. The molecular weight excluding hydrogens is 613 g/mol. The van der Waals surface area contributed by atoms with Crippen LogP contribution >= 0.6 is 22.9 Å². The zero-order valence-electron chi connectivity index (χ0n) is 24.8. The van der Waals surface area contributed by atoms with Gasteiger partial charge in [-0.05, 0) is 61.9 Å². The van der Waals surface area contributed by atoms with Gasteiger partial charge in [0.05, 0.1) is 30.7 Å². The second kappa shape index (κ2) is 11.5. The molecule has 2 atom stereocenters. The Hall–Kier alpha value is -3.80. The van der Waals surface area contributed by atoms with Gasteiger partial charge >= 0.3 is 0 Å². The van der Waals surface area contributed by atoms with Gasteiger partial charge in [-0.1, -0.05) is 35.9 Å². The van der Waals surface area contributed by atoms with Crippen molar-refractivity contribution in [2.45, 2.75) is 62.8 Å². The van der Waals surface area contributed by atoms with E-state index in [1.165, 1.54) is 55.7 Å². The molecule has 2 aromatic carbocycles.